The van der Waals surface area contributed by atoms with Gasteiger partial charge in [-0.05, 0) is 69.6 Å². The molecule has 2 fully saturated rings. The SMILES string of the molecule is O=C(NC1CCC(CC2CCC(NC(=O)C(F)(F)C(F)(F)C(F)(F)C(F)(F)C(F)(F)C(F)F)CC2)CC1)C(F)(F)C(F)(F)C(F)(F)C(F)(F)C(F)(F)C(F)F. The van der Waals surface area contributed by atoms with Gasteiger partial charge in [-0.1, -0.05) is 0 Å². The average Bonchev–Trinajstić information content (AvgIpc) is 3.05. The van der Waals surface area contributed by atoms with Crippen molar-refractivity contribution in [1.82, 2.24) is 10.6 Å². The summed E-state index contributed by atoms with van der Waals surface area (Å²) in [7, 11) is 0. The zero-order valence-electron chi connectivity index (χ0n) is 26.7. The number of hydrogen-bond donors (Lipinski definition) is 2. The molecule has 4 nitrogen and oxygen atoms in total. The van der Waals surface area contributed by atoms with Crippen molar-refractivity contribution < 1.29 is 115 Å². The first-order valence-corrected chi connectivity index (χ1v) is 15.3. The van der Waals surface area contributed by atoms with Crippen LogP contribution in [-0.2, 0) is 9.59 Å². The molecule has 0 bridgehead atoms. The summed E-state index contributed by atoms with van der Waals surface area (Å²) in [5.74, 6) is -82.7. The van der Waals surface area contributed by atoms with E-state index in [2.05, 4.69) is 0 Å². The summed E-state index contributed by atoms with van der Waals surface area (Å²) in [5, 5.41) is 2.31. The second-order valence-electron chi connectivity index (χ2n) is 13.1. The molecule has 2 saturated carbocycles. The van der Waals surface area contributed by atoms with E-state index in [1.165, 1.54) is 0 Å². The van der Waals surface area contributed by atoms with E-state index in [1.807, 2.05) is 0 Å². The molecular weight excluding hydrogens is 840 g/mol. The van der Waals surface area contributed by atoms with E-state index in [0.29, 0.717) is 0 Å². The number of amides is 2. The fourth-order valence-electron chi connectivity index (χ4n) is 5.87. The van der Waals surface area contributed by atoms with Crippen LogP contribution in [0.1, 0.15) is 57.8 Å². The molecule has 0 heterocycles. The molecule has 0 aromatic heterocycles. The minimum Gasteiger partial charge on any atom is -0.348 e. The van der Waals surface area contributed by atoms with Gasteiger partial charge in [-0.15, -0.1) is 0 Å². The number of halogens is 24. The highest BCUT2D eigenvalue weighted by Crippen LogP contribution is 2.60. The first-order chi connectivity index (χ1) is 24.3. The van der Waals surface area contributed by atoms with Gasteiger partial charge in [0.05, 0.1) is 0 Å². The van der Waals surface area contributed by atoms with Crippen molar-refractivity contribution in [2.45, 2.75) is 142 Å². The maximum Gasteiger partial charge on any atom is 0.392 e. The third-order valence-electron chi connectivity index (χ3n) is 9.35. The van der Waals surface area contributed by atoms with Crippen LogP contribution in [0.2, 0.25) is 0 Å². The predicted molar refractivity (Wildman–Crippen MR) is 134 cm³/mol. The molecule has 0 aromatic carbocycles. The largest absolute Gasteiger partial charge is 0.392 e. The quantitative estimate of drug-likeness (QED) is 0.152. The Morgan fingerprint density at radius 3 is 0.855 bits per heavy atom. The van der Waals surface area contributed by atoms with Gasteiger partial charge in [0.1, 0.15) is 0 Å². The molecule has 2 rings (SSSR count). The van der Waals surface area contributed by atoms with Crippen LogP contribution >= 0.6 is 0 Å². The maximum absolute atomic E-state index is 14.1. The van der Waals surface area contributed by atoms with Gasteiger partial charge in [-0.2, -0.15) is 87.8 Å². The van der Waals surface area contributed by atoms with Gasteiger partial charge in [0, 0.05) is 12.1 Å². The monoisotopic (exact) mass is 866 g/mol. The number of rotatable bonds is 16. The molecule has 0 atom stereocenters. The Kier molecular flexibility index (Phi) is 13.4. The van der Waals surface area contributed by atoms with Gasteiger partial charge in [0.2, 0.25) is 0 Å². The Bertz CT molecular complexity index is 1250. The van der Waals surface area contributed by atoms with Crippen LogP contribution in [0.25, 0.3) is 0 Å². The normalized spacial score (nSPS) is 23.6. The average molecular weight is 866 g/mol. The fraction of sp³-hybridized carbons (Fsp3) is 0.926. The zero-order valence-corrected chi connectivity index (χ0v) is 26.7. The highest BCUT2D eigenvalue weighted by Gasteiger charge is 2.90. The lowest BCUT2D eigenvalue weighted by Gasteiger charge is -2.39. The Morgan fingerprint density at radius 2 is 0.636 bits per heavy atom. The summed E-state index contributed by atoms with van der Waals surface area (Å²) in [6, 6.07) is -3.11. The Hall–Kier alpha value is -2.74. The van der Waals surface area contributed by atoms with Gasteiger partial charge < -0.3 is 10.6 Å². The van der Waals surface area contributed by atoms with Crippen molar-refractivity contribution in [3.63, 3.8) is 0 Å². The third kappa shape index (κ3) is 7.93. The molecule has 55 heavy (non-hydrogen) atoms. The van der Waals surface area contributed by atoms with Gasteiger partial charge in [-0.3, -0.25) is 9.59 Å². The number of carbonyl (C=O) groups is 2. The lowest BCUT2D eigenvalue weighted by molar-refractivity contribution is -0.407. The molecule has 2 aliphatic carbocycles. The van der Waals surface area contributed by atoms with E-state index in [4.69, 9.17) is 0 Å². The van der Waals surface area contributed by atoms with Crippen molar-refractivity contribution in [3.05, 3.63) is 0 Å². The molecule has 0 unspecified atom stereocenters. The Balaban J connectivity index is 1.97. The van der Waals surface area contributed by atoms with Crippen LogP contribution in [0.3, 0.4) is 0 Å². The van der Waals surface area contributed by atoms with Crippen molar-refractivity contribution in [2.75, 3.05) is 0 Å². The number of alkyl halides is 24. The van der Waals surface area contributed by atoms with Crippen LogP contribution in [0.4, 0.5) is 105 Å². The summed E-state index contributed by atoms with van der Waals surface area (Å²) in [4.78, 5) is 23.6. The van der Waals surface area contributed by atoms with Crippen LogP contribution in [0.5, 0.6) is 0 Å². The van der Waals surface area contributed by atoms with Gasteiger partial charge >= 0.3 is 72.1 Å². The number of carbonyl (C=O) groups excluding carboxylic acids is 2. The molecule has 0 saturated heterocycles. The second kappa shape index (κ2) is 15.2. The predicted octanol–water partition coefficient (Wildman–Crippen LogP) is 9.61. The molecule has 2 amide bonds. The first-order valence-electron chi connectivity index (χ1n) is 15.3. The lowest BCUT2D eigenvalue weighted by atomic mass is 9.75. The molecule has 28 heteroatoms. The minimum absolute atomic E-state index is 0.0941. The van der Waals surface area contributed by atoms with E-state index in [0.717, 1.165) is 10.6 Å². The zero-order chi connectivity index (χ0) is 43.4. The van der Waals surface area contributed by atoms with E-state index in [1.54, 1.807) is 0 Å². The summed E-state index contributed by atoms with van der Waals surface area (Å²) < 4.78 is 322. The highest BCUT2D eigenvalue weighted by molar-refractivity contribution is 5.85. The van der Waals surface area contributed by atoms with Crippen molar-refractivity contribution >= 4 is 11.8 Å². The van der Waals surface area contributed by atoms with E-state index < -0.39 is 133 Å². The Labute approximate surface area is 292 Å². The lowest BCUT2D eigenvalue weighted by Crippen LogP contribution is -2.71. The van der Waals surface area contributed by atoms with Crippen LogP contribution in [0.15, 0.2) is 0 Å². The van der Waals surface area contributed by atoms with E-state index in [9.17, 15) is 115 Å². The summed E-state index contributed by atoms with van der Waals surface area (Å²) in [6.07, 6.45) is -13.4. The van der Waals surface area contributed by atoms with Crippen molar-refractivity contribution in [2.24, 2.45) is 11.8 Å². The number of hydrogen-bond acceptors (Lipinski definition) is 2. The molecule has 2 aliphatic rings. The molecule has 324 valence electrons. The minimum atomic E-state index is -7.92. The van der Waals surface area contributed by atoms with Crippen LogP contribution in [0, 0.1) is 11.8 Å². The smallest absolute Gasteiger partial charge is 0.348 e. The number of nitrogens with one attached hydrogen (secondary N) is 2. The topological polar surface area (TPSA) is 58.2 Å². The maximum atomic E-state index is 14.1. The molecular formula is C27H26F24N2O2. The molecule has 0 aromatic rings. The summed E-state index contributed by atoms with van der Waals surface area (Å²) in [5.41, 5.74) is 0. The first kappa shape index (κ1) is 48.4. The summed E-state index contributed by atoms with van der Waals surface area (Å²) in [6.45, 7) is 0. The second-order valence-corrected chi connectivity index (χ2v) is 13.1. The Morgan fingerprint density at radius 1 is 0.400 bits per heavy atom. The standard InChI is InChI=1S/C27H26F24N2O2/c28-14(29)18(32,33)22(40,41)26(48,49)24(44,45)20(36,37)16(54)52-12-5-1-10(2-6-12)9-11-3-7-13(8-4-11)53-17(55)21(38,39)25(46,47)27(50,51)23(42,43)19(34,35)15(30)31/h10-15H,1-9H2,(H,52,54)(H,53,55). The third-order valence-corrected chi connectivity index (χ3v) is 9.35. The summed E-state index contributed by atoms with van der Waals surface area (Å²) >= 11 is 0. The molecule has 2 N–H and O–H groups in total. The molecule has 0 aliphatic heterocycles. The van der Waals surface area contributed by atoms with E-state index >= 15 is 0 Å². The van der Waals surface area contributed by atoms with Crippen LogP contribution < -0.4 is 10.6 Å². The van der Waals surface area contributed by atoms with E-state index in [-0.39, 0.29) is 32.1 Å². The van der Waals surface area contributed by atoms with Gasteiger partial charge in [-0.25, -0.2) is 17.6 Å². The van der Waals surface area contributed by atoms with Crippen molar-refractivity contribution in [3.8, 4) is 0 Å². The van der Waals surface area contributed by atoms with Crippen molar-refractivity contribution in [1.29, 1.82) is 0 Å². The molecule has 0 spiro atoms. The highest BCUT2D eigenvalue weighted by atomic mass is 19.4. The van der Waals surface area contributed by atoms with Gasteiger partial charge in [0.25, 0.3) is 11.8 Å². The van der Waals surface area contributed by atoms with Gasteiger partial charge in [0.15, 0.2) is 0 Å². The van der Waals surface area contributed by atoms with Crippen LogP contribution in [-0.4, -0.2) is 96.0 Å². The fourth-order valence-corrected chi connectivity index (χ4v) is 5.87. The molecule has 0 radical (unpaired) electrons.